The minimum Gasteiger partial charge on any atom is -0.496 e. The van der Waals surface area contributed by atoms with Gasteiger partial charge in [0.1, 0.15) is 5.75 Å². The van der Waals surface area contributed by atoms with E-state index in [-0.39, 0.29) is 23.6 Å². The molecular formula is C11H14N2O5. The van der Waals surface area contributed by atoms with Crippen LogP contribution in [0.25, 0.3) is 0 Å². The van der Waals surface area contributed by atoms with Crippen LogP contribution in [0, 0.1) is 10.1 Å². The van der Waals surface area contributed by atoms with Crippen LogP contribution >= 0.6 is 0 Å². The zero-order valence-electron chi connectivity index (χ0n) is 9.88. The van der Waals surface area contributed by atoms with Crippen LogP contribution in [0.2, 0.25) is 0 Å². The Morgan fingerprint density at radius 2 is 2.28 bits per heavy atom. The van der Waals surface area contributed by atoms with Crippen molar-refractivity contribution in [3.63, 3.8) is 0 Å². The first-order chi connectivity index (χ1) is 8.60. The predicted molar refractivity (Wildman–Crippen MR) is 63.7 cm³/mol. The molecule has 0 aliphatic carbocycles. The van der Waals surface area contributed by atoms with Gasteiger partial charge < -0.3 is 15.2 Å². The standard InChI is InChI=1S/C11H14N2O5/c1-18-10-4-3-8(13(16)17)7-9(10)11(15)12-5-2-6-14/h3-4,7,14H,2,5-6H2,1H3,(H,12,15). The molecule has 0 bridgehead atoms. The van der Waals surface area contributed by atoms with Crippen LogP contribution in [-0.4, -0.2) is 36.2 Å². The molecule has 0 unspecified atom stereocenters. The van der Waals surface area contributed by atoms with Crippen molar-refractivity contribution in [2.45, 2.75) is 6.42 Å². The van der Waals surface area contributed by atoms with Gasteiger partial charge in [0.2, 0.25) is 0 Å². The van der Waals surface area contributed by atoms with E-state index >= 15 is 0 Å². The van der Waals surface area contributed by atoms with Gasteiger partial charge in [0.05, 0.1) is 17.6 Å². The minimum atomic E-state index is -0.579. The number of nitro groups is 1. The van der Waals surface area contributed by atoms with Crippen LogP contribution in [0.5, 0.6) is 5.75 Å². The highest BCUT2D eigenvalue weighted by Crippen LogP contribution is 2.23. The number of nitro benzene ring substituents is 1. The molecule has 0 heterocycles. The van der Waals surface area contributed by atoms with Gasteiger partial charge in [0, 0.05) is 25.3 Å². The fourth-order valence-electron chi connectivity index (χ4n) is 1.36. The Balaban J connectivity index is 2.93. The number of ether oxygens (including phenoxy) is 1. The van der Waals surface area contributed by atoms with Crippen molar-refractivity contribution < 1.29 is 19.6 Å². The summed E-state index contributed by atoms with van der Waals surface area (Å²) in [6.07, 6.45) is 0.420. The zero-order chi connectivity index (χ0) is 13.5. The lowest BCUT2D eigenvalue weighted by Gasteiger charge is -2.08. The number of amides is 1. The first kappa shape index (κ1) is 13.9. The molecule has 7 heteroatoms. The average molecular weight is 254 g/mol. The molecule has 0 radical (unpaired) electrons. The molecule has 0 aliphatic heterocycles. The third-order valence-corrected chi connectivity index (χ3v) is 2.26. The lowest BCUT2D eigenvalue weighted by molar-refractivity contribution is -0.384. The molecule has 1 amide bonds. The first-order valence-electron chi connectivity index (χ1n) is 5.31. The van der Waals surface area contributed by atoms with E-state index in [0.717, 1.165) is 6.07 Å². The topological polar surface area (TPSA) is 102 Å². The van der Waals surface area contributed by atoms with Crippen LogP contribution in [-0.2, 0) is 0 Å². The van der Waals surface area contributed by atoms with Gasteiger partial charge in [-0.2, -0.15) is 0 Å². The molecule has 0 saturated carbocycles. The number of nitrogens with one attached hydrogen (secondary N) is 1. The van der Waals surface area contributed by atoms with E-state index in [1.54, 1.807) is 0 Å². The summed E-state index contributed by atoms with van der Waals surface area (Å²) in [5.74, 6) is -0.203. The number of nitrogens with zero attached hydrogens (tertiary/aromatic N) is 1. The second-order valence-corrected chi connectivity index (χ2v) is 3.47. The summed E-state index contributed by atoms with van der Waals surface area (Å²) >= 11 is 0. The number of benzene rings is 1. The fraction of sp³-hybridized carbons (Fsp3) is 0.364. The maximum absolute atomic E-state index is 11.8. The quantitative estimate of drug-likeness (QED) is 0.442. The first-order valence-corrected chi connectivity index (χ1v) is 5.31. The summed E-state index contributed by atoms with van der Waals surface area (Å²) in [7, 11) is 1.38. The Bertz CT molecular complexity index is 447. The van der Waals surface area contributed by atoms with E-state index in [0.29, 0.717) is 13.0 Å². The normalized spacial score (nSPS) is 9.89. The number of methoxy groups -OCH3 is 1. The highest BCUT2D eigenvalue weighted by atomic mass is 16.6. The average Bonchev–Trinajstić information content (AvgIpc) is 2.38. The number of carbonyl (C=O) groups excluding carboxylic acids is 1. The highest BCUT2D eigenvalue weighted by molar-refractivity contribution is 5.97. The Kier molecular flexibility index (Phi) is 5.06. The number of non-ortho nitro benzene ring substituents is 1. The number of hydrogen-bond acceptors (Lipinski definition) is 5. The van der Waals surface area contributed by atoms with Gasteiger partial charge in [-0.25, -0.2) is 0 Å². The minimum absolute atomic E-state index is 0.0354. The lowest BCUT2D eigenvalue weighted by Crippen LogP contribution is -2.25. The fourth-order valence-corrected chi connectivity index (χ4v) is 1.36. The lowest BCUT2D eigenvalue weighted by atomic mass is 10.1. The van der Waals surface area contributed by atoms with Crippen molar-refractivity contribution >= 4 is 11.6 Å². The van der Waals surface area contributed by atoms with Crippen molar-refractivity contribution in [1.29, 1.82) is 0 Å². The summed E-state index contributed by atoms with van der Waals surface area (Å²) < 4.78 is 4.97. The molecule has 7 nitrogen and oxygen atoms in total. The van der Waals surface area contributed by atoms with Gasteiger partial charge in [0.15, 0.2) is 0 Å². The summed E-state index contributed by atoms with van der Waals surface area (Å²) in [5.41, 5.74) is -0.0762. The molecule has 0 spiro atoms. The summed E-state index contributed by atoms with van der Waals surface area (Å²) in [5, 5.41) is 21.8. The van der Waals surface area contributed by atoms with Crippen molar-refractivity contribution in [2.24, 2.45) is 0 Å². The van der Waals surface area contributed by atoms with E-state index in [9.17, 15) is 14.9 Å². The Morgan fingerprint density at radius 3 is 2.83 bits per heavy atom. The number of aliphatic hydroxyl groups excluding tert-OH is 1. The van der Waals surface area contributed by atoms with Gasteiger partial charge in [-0.3, -0.25) is 14.9 Å². The van der Waals surface area contributed by atoms with Gasteiger partial charge in [-0.05, 0) is 12.5 Å². The van der Waals surface area contributed by atoms with Crippen LogP contribution in [0.15, 0.2) is 18.2 Å². The third-order valence-electron chi connectivity index (χ3n) is 2.26. The number of hydrogen-bond donors (Lipinski definition) is 2. The molecule has 0 aromatic heterocycles. The second-order valence-electron chi connectivity index (χ2n) is 3.47. The molecule has 1 aromatic rings. The Morgan fingerprint density at radius 1 is 1.56 bits per heavy atom. The van der Waals surface area contributed by atoms with Crippen molar-refractivity contribution in [3.05, 3.63) is 33.9 Å². The van der Waals surface area contributed by atoms with Crippen LogP contribution in [0.4, 0.5) is 5.69 Å². The smallest absolute Gasteiger partial charge is 0.270 e. The molecule has 0 aliphatic rings. The van der Waals surface area contributed by atoms with Crippen molar-refractivity contribution in [2.75, 3.05) is 20.3 Å². The van der Waals surface area contributed by atoms with E-state index in [1.165, 1.54) is 19.2 Å². The van der Waals surface area contributed by atoms with E-state index < -0.39 is 10.8 Å². The molecule has 1 rings (SSSR count). The monoisotopic (exact) mass is 254 g/mol. The van der Waals surface area contributed by atoms with Crippen LogP contribution < -0.4 is 10.1 Å². The summed E-state index contributed by atoms with van der Waals surface area (Å²) in [6.45, 7) is 0.257. The molecule has 18 heavy (non-hydrogen) atoms. The van der Waals surface area contributed by atoms with Gasteiger partial charge in [-0.15, -0.1) is 0 Å². The molecule has 98 valence electrons. The molecular weight excluding hydrogens is 240 g/mol. The predicted octanol–water partition coefficient (Wildman–Crippen LogP) is 0.716. The molecule has 0 saturated heterocycles. The van der Waals surface area contributed by atoms with Crippen LogP contribution in [0.1, 0.15) is 16.8 Å². The Labute approximate surface area is 104 Å². The van der Waals surface area contributed by atoms with Gasteiger partial charge >= 0.3 is 0 Å². The number of carbonyl (C=O) groups is 1. The summed E-state index contributed by atoms with van der Waals surface area (Å²) in [6, 6.07) is 3.80. The molecule has 2 N–H and O–H groups in total. The zero-order valence-corrected chi connectivity index (χ0v) is 9.88. The SMILES string of the molecule is COc1ccc([N+](=O)[O-])cc1C(=O)NCCCO. The second kappa shape index (κ2) is 6.55. The molecule has 0 atom stereocenters. The maximum atomic E-state index is 11.8. The van der Waals surface area contributed by atoms with Gasteiger partial charge in [-0.1, -0.05) is 0 Å². The number of aliphatic hydroxyl groups is 1. The van der Waals surface area contributed by atoms with Gasteiger partial charge in [0.25, 0.3) is 11.6 Å². The largest absolute Gasteiger partial charge is 0.496 e. The van der Waals surface area contributed by atoms with E-state index in [1.807, 2.05) is 0 Å². The van der Waals surface area contributed by atoms with Crippen molar-refractivity contribution in [1.82, 2.24) is 5.32 Å². The summed E-state index contributed by atoms with van der Waals surface area (Å²) in [4.78, 5) is 21.8. The Hall–Kier alpha value is -2.15. The number of rotatable bonds is 6. The molecule has 0 fully saturated rings. The highest BCUT2D eigenvalue weighted by Gasteiger charge is 2.16. The van der Waals surface area contributed by atoms with Crippen LogP contribution in [0.3, 0.4) is 0 Å². The molecule has 1 aromatic carbocycles. The van der Waals surface area contributed by atoms with E-state index in [2.05, 4.69) is 5.32 Å². The third kappa shape index (κ3) is 3.42. The van der Waals surface area contributed by atoms with Crippen molar-refractivity contribution in [3.8, 4) is 5.75 Å². The maximum Gasteiger partial charge on any atom is 0.270 e. The van der Waals surface area contributed by atoms with E-state index in [4.69, 9.17) is 9.84 Å².